The maximum Gasteiger partial charge on any atom is 0.242 e. The van der Waals surface area contributed by atoms with Crippen molar-refractivity contribution in [2.45, 2.75) is 24.9 Å². The number of hydrogen-bond acceptors (Lipinski definition) is 4. The van der Waals surface area contributed by atoms with Crippen LogP contribution in [0.1, 0.15) is 17.9 Å². The zero-order valence-electron chi connectivity index (χ0n) is 10.3. The van der Waals surface area contributed by atoms with Crippen LogP contribution < -0.4 is 5.32 Å². The zero-order valence-corrected chi connectivity index (χ0v) is 11.9. The summed E-state index contributed by atoms with van der Waals surface area (Å²) in [4.78, 5) is 11.7. The van der Waals surface area contributed by atoms with Gasteiger partial charge in [-0.2, -0.15) is 0 Å². The van der Waals surface area contributed by atoms with Gasteiger partial charge in [-0.3, -0.25) is 4.79 Å². The number of benzene rings is 1. The highest BCUT2D eigenvalue weighted by Gasteiger charge is 2.39. The molecule has 1 aromatic heterocycles. The lowest BCUT2D eigenvalue weighted by Gasteiger charge is -2.05. The Morgan fingerprint density at radius 3 is 3.10 bits per heavy atom. The fourth-order valence-electron chi connectivity index (χ4n) is 2.12. The Hall–Kier alpha value is -1.83. The van der Waals surface area contributed by atoms with E-state index in [0.29, 0.717) is 4.47 Å². The van der Waals surface area contributed by atoms with Crippen molar-refractivity contribution in [3.05, 3.63) is 40.4 Å². The summed E-state index contributed by atoms with van der Waals surface area (Å²) in [7, 11) is 0. The Bertz CT molecular complexity index is 633. The molecule has 0 spiro atoms. The lowest BCUT2D eigenvalue weighted by Crippen LogP contribution is -2.30. The molecule has 0 bridgehead atoms. The second-order valence-electron chi connectivity index (χ2n) is 4.70. The first-order chi connectivity index (χ1) is 9.63. The topological polar surface area (TPSA) is 72.7 Å². The van der Waals surface area contributed by atoms with Crippen LogP contribution in [0.4, 0.5) is 4.39 Å². The molecule has 0 unspecified atom stereocenters. The van der Waals surface area contributed by atoms with E-state index in [4.69, 9.17) is 0 Å². The van der Waals surface area contributed by atoms with Gasteiger partial charge in [-0.15, -0.1) is 5.10 Å². The van der Waals surface area contributed by atoms with Crippen LogP contribution in [0.5, 0.6) is 0 Å². The number of halogens is 2. The maximum absolute atomic E-state index is 13.4. The van der Waals surface area contributed by atoms with Crippen LogP contribution in [-0.4, -0.2) is 32.2 Å². The van der Waals surface area contributed by atoms with Crippen molar-refractivity contribution in [3.63, 3.8) is 0 Å². The normalized spacial score (nSPS) is 20.7. The van der Waals surface area contributed by atoms with Crippen LogP contribution >= 0.6 is 15.9 Å². The number of carbonyl (C=O) groups excluding carboxylic acids is 1. The minimum absolute atomic E-state index is 0.0551. The van der Waals surface area contributed by atoms with E-state index in [1.165, 1.54) is 17.1 Å². The van der Waals surface area contributed by atoms with Crippen molar-refractivity contribution < 1.29 is 9.18 Å². The second-order valence-corrected chi connectivity index (χ2v) is 5.55. The smallest absolute Gasteiger partial charge is 0.242 e. The molecule has 1 aliphatic carbocycles. The van der Waals surface area contributed by atoms with Crippen molar-refractivity contribution in [2.75, 3.05) is 0 Å². The van der Waals surface area contributed by atoms with Crippen LogP contribution in [-0.2, 0) is 11.3 Å². The molecule has 20 heavy (non-hydrogen) atoms. The molecule has 1 aromatic carbocycles. The third kappa shape index (κ3) is 2.84. The number of tetrazole rings is 1. The van der Waals surface area contributed by atoms with Gasteiger partial charge >= 0.3 is 0 Å². The van der Waals surface area contributed by atoms with Gasteiger partial charge in [-0.05, 0) is 50.5 Å². The SMILES string of the molecule is O=C(Cn1cnnn1)N[C@@H]1C[C@H]1c1ccc(Br)c(F)c1. The number of nitrogens with one attached hydrogen (secondary N) is 1. The average molecular weight is 340 g/mol. The lowest BCUT2D eigenvalue weighted by molar-refractivity contribution is -0.122. The predicted molar refractivity (Wildman–Crippen MR) is 71.2 cm³/mol. The molecule has 1 heterocycles. The Kier molecular flexibility index (Phi) is 3.47. The highest BCUT2D eigenvalue weighted by Crippen LogP contribution is 2.41. The fraction of sp³-hybridized carbons (Fsp3) is 0.333. The summed E-state index contributed by atoms with van der Waals surface area (Å²) in [5.41, 5.74) is 0.901. The molecular weight excluding hydrogens is 329 g/mol. The molecule has 2 aromatic rings. The molecule has 0 aliphatic heterocycles. The highest BCUT2D eigenvalue weighted by molar-refractivity contribution is 9.10. The molecule has 6 nitrogen and oxygen atoms in total. The van der Waals surface area contributed by atoms with Crippen LogP contribution in [0.25, 0.3) is 0 Å². The van der Waals surface area contributed by atoms with Gasteiger partial charge < -0.3 is 5.32 Å². The largest absolute Gasteiger partial charge is 0.351 e. The molecule has 2 atom stereocenters. The number of hydrogen-bond donors (Lipinski definition) is 1. The molecule has 1 amide bonds. The highest BCUT2D eigenvalue weighted by atomic mass is 79.9. The zero-order chi connectivity index (χ0) is 14.1. The number of rotatable bonds is 4. The molecule has 1 fully saturated rings. The van der Waals surface area contributed by atoms with Crippen LogP contribution in [0.3, 0.4) is 0 Å². The lowest BCUT2D eigenvalue weighted by atomic mass is 10.1. The Labute approximate surface area is 122 Å². The van der Waals surface area contributed by atoms with Crippen LogP contribution in [0.2, 0.25) is 0 Å². The van der Waals surface area contributed by atoms with E-state index in [9.17, 15) is 9.18 Å². The van der Waals surface area contributed by atoms with E-state index in [1.54, 1.807) is 6.07 Å². The number of aromatic nitrogens is 4. The summed E-state index contributed by atoms with van der Waals surface area (Å²) in [5, 5.41) is 13.4. The van der Waals surface area contributed by atoms with Gasteiger partial charge in [0.2, 0.25) is 5.91 Å². The summed E-state index contributed by atoms with van der Waals surface area (Å²) >= 11 is 3.12. The first kappa shape index (κ1) is 13.2. The molecule has 8 heteroatoms. The average Bonchev–Trinajstić information content (AvgIpc) is 2.96. The summed E-state index contributed by atoms with van der Waals surface area (Å²) in [6.07, 6.45) is 2.20. The third-order valence-electron chi connectivity index (χ3n) is 3.21. The standard InChI is InChI=1S/C12H11BrFN5O/c13-9-2-1-7(3-10(9)14)8-4-11(8)16-12(20)5-19-6-15-17-18-19/h1-3,6,8,11H,4-5H2,(H,16,20)/t8-,11+/m0/s1. The number of nitrogens with zero attached hydrogens (tertiary/aromatic N) is 4. The molecule has 1 N–H and O–H groups in total. The van der Waals surface area contributed by atoms with E-state index < -0.39 is 0 Å². The summed E-state index contributed by atoms with van der Waals surface area (Å²) in [6.45, 7) is 0.0882. The van der Waals surface area contributed by atoms with E-state index in [-0.39, 0.29) is 30.2 Å². The second kappa shape index (κ2) is 5.28. The molecule has 1 saturated carbocycles. The molecule has 1 aliphatic rings. The van der Waals surface area contributed by atoms with Gasteiger partial charge in [0.25, 0.3) is 0 Å². The van der Waals surface area contributed by atoms with Gasteiger partial charge in [-0.1, -0.05) is 6.07 Å². The minimum Gasteiger partial charge on any atom is -0.351 e. The maximum atomic E-state index is 13.4. The molecule has 0 saturated heterocycles. The van der Waals surface area contributed by atoms with Crippen molar-refractivity contribution in [1.82, 2.24) is 25.5 Å². The van der Waals surface area contributed by atoms with Gasteiger partial charge in [-0.25, -0.2) is 9.07 Å². The molecule has 0 radical (unpaired) electrons. The Morgan fingerprint density at radius 1 is 1.55 bits per heavy atom. The molecule has 104 valence electrons. The first-order valence-electron chi connectivity index (χ1n) is 6.08. The van der Waals surface area contributed by atoms with Gasteiger partial charge in [0.1, 0.15) is 18.7 Å². The quantitative estimate of drug-likeness (QED) is 0.909. The van der Waals surface area contributed by atoms with Crippen molar-refractivity contribution in [2.24, 2.45) is 0 Å². The summed E-state index contributed by atoms with van der Waals surface area (Å²) < 4.78 is 15.2. The van der Waals surface area contributed by atoms with Crippen LogP contribution in [0.15, 0.2) is 29.0 Å². The van der Waals surface area contributed by atoms with Gasteiger partial charge in [0, 0.05) is 12.0 Å². The molecule has 3 rings (SSSR count). The Morgan fingerprint density at radius 2 is 2.40 bits per heavy atom. The third-order valence-corrected chi connectivity index (χ3v) is 3.85. The van der Waals surface area contributed by atoms with E-state index in [0.717, 1.165) is 12.0 Å². The summed E-state index contributed by atoms with van der Waals surface area (Å²) in [5.74, 6) is -0.258. The van der Waals surface area contributed by atoms with E-state index >= 15 is 0 Å². The number of amides is 1. The summed E-state index contributed by atoms with van der Waals surface area (Å²) in [6, 6.07) is 5.11. The molecular formula is C12H11BrFN5O. The van der Waals surface area contributed by atoms with Crippen LogP contribution in [0, 0.1) is 5.82 Å². The fourth-order valence-corrected chi connectivity index (χ4v) is 2.36. The van der Waals surface area contributed by atoms with E-state index in [1.807, 2.05) is 6.07 Å². The monoisotopic (exact) mass is 339 g/mol. The van der Waals surface area contributed by atoms with E-state index in [2.05, 4.69) is 36.8 Å². The van der Waals surface area contributed by atoms with Gasteiger partial charge in [0.15, 0.2) is 0 Å². The predicted octanol–water partition coefficient (Wildman–Crippen LogP) is 1.25. The number of carbonyl (C=O) groups is 1. The van der Waals surface area contributed by atoms with Crippen molar-refractivity contribution in [1.29, 1.82) is 0 Å². The Balaban J connectivity index is 1.56. The van der Waals surface area contributed by atoms with Crippen molar-refractivity contribution in [3.8, 4) is 0 Å². The minimum atomic E-state index is -0.284. The van der Waals surface area contributed by atoms with Gasteiger partial charge in [0.05, 0.1) is 4.47 Å². The van der Waals surface area contributed by atoms with Crippen molar-refractivity contribution >= 4 is 21.8 Å². The first-order valence-corrected chi connectivity index (χ1v) is 6.88.